The van der Waals surface area contributed by atoms with Gasteiger partial charge in [-0.25, -0.2) is 4.79 Å². The summed E-state index contributed by atoms with van der Waals surface area (Å²) in [6, 6.07) is 15.2. The number of carbonyl (C=O) groups is 2. The van der Waals surface area contributed by atoms with Crippen LogP contribution in [0.25, 0.3) is 21.0 Å². The van der Waals surface area contributed by atoms with Crippen molar-refractivity contribution in [1.29, 1.82) is 0 Å². The molecule has 0 fully saturated rings. The zero-order valence-corrected chi connectivity index (χ0v) is 14.6. The van der Waals surface area contributed by atoms with E-state index in [2.05, 4.69) is 16.4 Å². The maximum absolute atomic E-state index is 12.2. The number of aryl methyl sites for hydroxylation is 1. The molecule has 4 rings (SSSR count). The summed E-state index contributed by atoms with van der Waals surface area (Å²) in [6.07, 6.45) is 2.95. The molecule has 0 aliphatic carbocycles. The number of hydrogen-bond acceptors (Lipinski definition) is 3. The molecule has 0 bridgehead atoms. The Hall–Kier alpha value is -3.12. The van der Waals surface area contributed by atoms with Gasteiger partial charge in [0.25, 0.3) is 0 Å². The van der Waals surface area contributed by atoms with E-state index in [-0.39, 0.29) is 5.91 Å². The van der Waals surface area contributed by atoms with Crippen molar-refractivity contribution in [1.82, 2.24) is 4.98 Å². The van der Waals surface area contributed by atoms with Gasteiger partial charge in [0, 0.05) is 28.5 Å². The van der Waals surface area contributed by atoms with Gasteiger partial charge in [-0.05, 0) is 65.2 Å². The summed E-state index contributed by atoms with van der Waals surface area (Å²) in [5, 5.41) is 13.9. The second-order valence-electron chi connectivity index (χ2n) is 6.12. The maximum atomic E-state index is 12.2. The van der Waals surface area contributed by atoms with Crippen molar-refractivity contribution in [2.75, 3.05) is 5.32 Å². The molecule has 0 aliphatic heterocycles. The van der Waals surface area contributed by atoms with Crippen LogP contribution in [0.4, 0.5) is 5.69 Å². The van der Waals surface area contributed by atoms with Crippen LogP contribution in [0.5, 0.6) is 0 Å². The Morgan fingerprint density at radius 1 is 1.04 bits per heavy atom. The second kappa shape index (κ2) is 6.65. The summed E-state index contributed by atoms with van der Waals surface area (Å²) in [5.41, 5.74) is 2.88. The van der Waals surface area contributed by atoms with E-state index < -0.39 is 5.97 Å². The molecule has 5 nitrogen and oxygen atoms in total. The van der Waals surface area contributed by atoms with E-state index in [0.29, 0.717) is 23.4 Å². The summed E-state index contributed by atoms with van der Waals surface area (Å²) in [4.78, 5) is 26.7. The normalized spacial score (nSPS) is 11.1. The molecule has 6 heteroatoms. The van der Waals surface area contributed by atoms with Crippen molar-refractivity contribution in [2.24, 2.45) is 0 Å². The number of aromatic nitrogens is 1. The molecule has 0 unspecified atom stereocenters. The molecule has 0 saturated heterocycles. The van der Waals surface area contributed by atoms with Gasteiger partial charge in [0.15, 0.2) is 0 Å². The number of aromatic amines is 1. The fourth-order valence-electron chi connectivity index (χ4n) is 2.97. The molecule has 0 saturated carbocycles. The number of rotatable bonds is 5. The van der Waals surface area contributed by atoms with Crippen LogP contribution >= 0.6 is 11.3 Å². The van der Waals surface area contributed by atoms with Crippen molar-refractivity contribution in [3.63, 3.8) is 0 Å². The maximum Gasteiger partial charge on any atom is 0.345 e. The Bertz CT molecular complexity index is 1130. The van der Waals surface area contributed by atoms with Gasteiger partial charge >= 0.3 is 5.97 Å². The molecule has 0 aliphatic rings. The largest absolute Gasteiger partial charge is 0.477 e. The van der Waals surface area contributed by atoms with E-state index in [1.54, 1.807) is 12.1 Å². The van der Waals surface area contributed by atoms with E-state index in [1.807, 2.05) is 36.5 Å². The number of aromatic carboxylic acids is 1. The Balaban J connectivity index is 1.42. The van der Waals surface area contributed by atoms with E-state index in [9.17, 15) is 9.59 Å². The molecule has 1 amide bonds. The number of fused-ring (bicyclic) bond motifs is 2. The summed E-state index contributed by atoms with van der Waals surface area (Å²) >= 11 is 1.23. The lowest BCUT2D eigenvalue weighted by Gasteiger charge is -2.06. The van der Waals surface area contributed by atoms with Gasteiger partial charge in [-0.15, -0.1) is 11.3 Å². The topological polar surface area (TPSA) is 82.2 Å². The van der Waals surface area contributed by atoms with Gasteiger partial charge in [-0.1, -0.05) is 6.07 Å². The van der Waals surface area contributed by atoms with Gasteiger partial charge in [0.1, 0.15) is 4.88 Å². The molecule has 2 aromatic carbocycles. The predicted octanol–water partition coefficient (Wildman–Crippen LogP) is 4.65. The number of thiophene rings is 1. The molecule has 3 N–H and O–H groups in total. The van der Waals surface area contributed by atoms with Gasteiger partial charge < -0.3 is 15.4 Å². The first kappa shape index (κ1) is 16.4. The number of carbonyl (C=O) groups excluding carboxylic acids is 1. The number of H-pyrrole nitrogens is 1. The minimum atomic E-state index is -0.934. The smallest absolute Gasteiger partial charge is 0.345 e. The van der Waals surface area contributed by atoms with E-state index in [1.165, 1.54) is 11.3 Å². The van der Waals surface area contributed by atoms with Crippen LogP contribution in [0.3, 0.4) is 0 Å². The minimum Gasteiger partial charge on any atom is -0.477 e. The van der Waals surface area contributed by atoms with Crippen LogP contribution in [-0.4, -0.2) is 22.0 Å². The molecule has 0 spiro atoms. The monoisotopic (exact) mass is 364 g/mol. The van der Waals surface area contributed by atoms with Gasteiger partial charge in [-0.2, -0.15) is 0 Å². The van der Waals surface area contributed by atoms with Crippen LogP contribution in [-0.2, 0) is 11.2 Å². The summed E-state index contributed by atoms with van der Waals surface area (Å²) in [5.74, 6) is -0.997. The molecule has 4 aromatic rings. The quantitative estimate of drug-likeness (QED) is 0.482. The van der Waals surface area contributed by atoms with Crippen LogP contribution in [0.15, 0.2) is 54.7 Å². The predicted molar refractivity (Wildman–Crippen MR) is 104 cm³/mol. The van der Waals surface area contributed by atoms with Crippen molar-refractivity contribution in [2.45, 2.75) is 12.8 Å². The lowest BCUT2D eigenvalue weighted by Crippen LogP contribution is -2.12. The second-order valence-corrected chi connectivity index (χ2v) is 7.20. The molecule has 0 radical (unpaired) electrons. The molecular weight excluding hydrogens is 348 g/mol. The third-order valence-corrected chi connectivity index (χ3v) is 5.37. The highest BCUT2D eigenvalue weighted by Crippen LogP contribution is 2.28. The van der Waals surface area contributed by atoms with Crippen LogP contribution in [0.2, 0.25) is 0 Å². The van der Waals surface area contributed by atoms with Crippen molar-refractivity contribution in [3.8, 4) is 0 Å². The Kier molecular flexibility index (Phi) is 4.18. The third-order valence-electron chi connectivity index (χ3n) is 4.27. The molecule has 26 heavy (non-hydrogen) atoms. The Labute approximate surface area is 153 Å². The van der Waals surface area contributed by atoms with Crippen molar-refractivity contribution < 1.29 is 14.7 Å². The Morgan fingerprint density at radius 3 is 2.77 bits per heavy atom. The highest BCUT2D eigenvalue weighted by Gasteiger charge is 2.10. The van der Waals surface area contributed by atoms with E-state index >= 15 is 0 Å². The lowest BCUT2D eigenvalue weighted by molar-refractivity contribution is -0.116. The highest BCUT2D eigenvalue weighted by molar-refractivity contribution is 7.20. The molecular formula is C20H16N2O3S. The van der Waals surface area contributed by atoms with Gasteiger partial charge in [-0.3, -0.25) is 4.79 Å². The minimum absolute atomic E-state index is 0.0628. The Morgan fingerprint density at radius 2 is 1.92 bits per heavy atom. The lowest BCUT2D eigenvalue weighted by atomic mass is 10.1. The van der Waals surface area contributed by atoms with Gasteiger partial charge in [0.2, 0.25) is 5.91 Å². The highest BCUT2D eigenvalue weighted by atomic mass is 32.1. The fourth-order valence-corrected chi connectivity index (χ4v) is 3.85. The summed E-state index contributed by atoms with van der Waals surface area (Å²) in [6.45, 7) is 0. The average Bonchev–Trinajstić information content (AvgIpc) is 3.25. The first-order chi connectivity index (χ1) is 12.6. The summed E-state index contributed by atoms with van der Waals surface area (Å²) < 4.78 is 0.889. The number of amides is 1. The van der Waals surface area contributed by atoms with Crippen LogP contribution < -0.4 is 5.32 Å². The standard InChI is InChI=1S/C20H16N2O3S/c23-19(6-2-12-1-4-16-13(9-12)7-8-21-16)22-15-3-5-17-14(10-15)11-18(26-17)20(24)25/h1,3-5,7-11,21H,2,6H2,(H,22,23)(H,24,25). The van der Waals surface area contributed by atoms with Crippen LogP contribution in [0, 0.1) is 0 Å². The number of hydrogen-bond donors (Lipinski definition) is 3. The zero-order valence-electron chi connectivity index (χ0n) is 13.8. The number of carboxylic acid groups (broad SMARTS) is 1. The first-order valence-corrected chi connectivity index (χ1v) is 9.03. The van der Waals surface area contributed by atoms with E-state index in [4.69, 9.17) is 5.11 Å². The SMILES string of the molecule is O=C(CCc1ccc2[nH]ccc2c1)Nc1ccc2sc(C(=O)O)cc2c1. The van der Waals surface area contributed by atoms with Gasteiger partial charge in [0.05, 0.1) is 0 Å². The molecule has 2 heterocycles. The number of benzene rings is 2. The van der Waals surface area contributed by atoms with E-state index in [0.717, 1.165) is 26.6 Å². The first-order valence-electron chi connectivity index (χ1n) is 8.21. The van der Waals surface area contributed by atoms with Crippen LogP contribution in [0.1, 0.15) is 21.7 Å². The molecule has 0 atom stereocenters. The number of carboxylic acids is 1. The summed E-state index contributed by atoms with van der Waals surface area (Å²) in [7, 11) is 0. The number of anilines is 1. The fraction of sp³-hybridized carbons (Fsp3) is 0.100. The molecule has 130 valence electrons. The average molecular weight is 364 g/mol. The van der Waals surface area contributed by atoms with Crippen molar-refractivity contribution in [3.05, 3.63) is 65.2 Å². The third kappa shape index (κ3) is 3.32. The van der Waals surface area contributed by atoms with Crippen molar-refractivity contribution >= 4 is 49.9 Å². The zero-order chi connectivity index (χ0) is 18.1. The number of nitrogens with one attached hydrogen (secondary N) is 2. The molecule has 2 aromatic heterocycles.